The van der Waals surface area contributed by atoms with Crippen molar-refractivity contribution in [2.75, 3.05) is 12.4 Å². The Kier molecular flexibility index (Phi) is 4.22. The SMILES string of the molecule is C#Cc1ccc(OC)c(NC(=O)OC(C)(C)C)c1. The fourth-order valence-electron chi connectivity index (χ4n) is 1.31. The molecule has 0 saturated heterocycles. The zero-order chi connectivity index (χ0) is 13.8. The Bertz CT molecular complexity index is 481. The van der Waals surface area contributed by atoms with Gasteiger partial charge in [-0.2, -0.15) is 0 Å². The first-order valence-electron chi connectivity index (χ1n) is 5.50. The molecular weight excluding hydrogens is 230 g/mol. The monoisotopic (exact) mass is 247 g/mol. The molecular formula is C14H17NO3. The number of terminal acetylenes is 1. The summed E-state index contributed by atoms with van der Waals surface area (Å²) < 4.78 is 10.3. The molecule has 4 heteroatoms. The predicted molar refractivity (Wildman–Crippen MR) is 70.8 cm³/mol. The van der Waals surface area contributed by atoms with Gasteiger partial charge in [-0.15, -0.1) is 6.42 Å². The van der Waals surface area contributed by atoms with Crippen molar-refractivity contribution >= 4 is 11.8 Å². The molecule has 1 amide bonds. The normalized spacial score (nSPS) is 10.4. The molecule has 0 heterocycles. The molecule has 0 unspecified atom stereocenters. The molecule has 1 aromatic rings. The lowest BCUT2D eigenvalue weighted by Crippen LogP contribution is -2.27. The van der Waals surface area contributed by atoms with Crippen molar-refractivity contribution in [3.05, 3.63) is 23.8 Å². The third-order valence-corrected chi connectivity index (χ3v) is 2.00. The molecule has 0 spiro atoms. The van der Waals surface area contributed by atoms with Gasteiger partial charge >= 0.3 is 6.09 Å². The van der Waals surface area contributed by atoms with E-state index in [1.54, 1.807) is 39.0 Å². The van der Waals surface area contributed by atoms with Crippen molar-refractivity contribution in [2.24, 2.45) is 0 Å². The molecule has 1 rings (SSSR count). The molecule has 0 atom stereocenters. The number of anilines is 1. The highest BCUT2D eigenvalue weighted by Crippen LogP contribution is 2.25. The van der Waals surface area contributed by atoms with Crippen LogP contribution in [-0.2, 0) is 4.74 Å². The van der Waals surface area contributed by atoms with Gasteiger partial charge < -0.3 is 9.47 Å². The van der Waals surface area contributed by atoms with Gasteiger partial charge in [0.2, 0.25) is 0 Å². The first-order chi connectivity index (χ1) is 8.35. The molecule has 0 radical (unpaired) electrons. The zero-order valence-electron chi connectivity index (χ0n) is 11.0. The largest absolute Gasteiger partial charge is 0.495 e. The highest BCUT2D eigenvalue weighted by molar-refractivity contribution is 5.87. The molecule has 0 aliphatic rings. The number of amides is 1. The second kappa shape index (κ2) is 5.46. The molecule has 96 valence electrons. The summed E-state index contributed by atoms with van der Waals surface area (Å²) in [6, 6.07) is 5.09. The fourth-order valence-corrected chi connectivity index (χ4v) is 1.31. The summed E-state index contributed by atoms with van der Waals surface area (Å²) in [5.41, 5.74) is 0.588. The van der Waals surface area contributed by atoms with E-state index in [-0.39, 0.29) is 0 Å². The van der Waals surface area contributed by atoms with Gasteiger partial charge in [0, 0.05) is 5.56 Å². The standard InChI is InChI=1S/C14H17NO3/c1-6-10-7-8-12(17-5)11(9-10)15-13(16)18-14(2,3)4/h1,7-9H,2-5H3,(H,15,16). The maximum atomic E-state index is 11.7. The molecule has 0 saturated carbocycles. The third kappa shape index (κ3) is 4.02. The van der Waals surface area contributed by atoms with E-state index in [0.29, 0.717) is 17.0 Å². The van der Waals surface area contributed by atoms with Crippen LogP contribution in [0.3, 0.4) is 0 Å². The molecule has 0 bridgehead atoms. The summed E-state index contributed by atoms with van der Waals surface area (Å²) in [5.74, 6) is 3.02. The van der Waals surface area contributed by atoms with Crippen LogP contribution in [0, 0.1) is 12.3 Å². The zero-order valence-corrected chi connectivity index (χ0v) is 11.0. The minimum absolute atomic E-state index is 0.488. The molecule has 1 N–H and O–H groups in total. The van der Waals surface area contributed by atoms with Gasteiger partial charge in [-0.3, -0.25) is 5.32 Å². The highest BCUT2D eigenvalue weighted by atomic mass is 16.6. The Morgan fingerprint density at radius 2 is 2.06 bits per heavy atom. The Morgan fingerprint density at radius 3 is 2.56 bits per heavy atom. The van der Waals surface area contributed by atoms with Gasteiger partial charge in [-0.25, -0.2) is 4.79 Å². The Hall–Kier alpha value is -2.15. The van der Waals surface area contributed by atoms with E-state index in [4.69, 9.17) is 15.9 Å². The summed E-state index contributed by atoms with van der Waals surface area (Å²) in [4.78, 5) is 11.7. The van der Waals surface area contributed by atoms with Gasteiger partial charge in [0.15, 0.2) is 0 Å². The predicted octanol–water partition coefficient (Wildman–Crippen LogP) is 3.02. The number of carbonyl (C=O) groups excluding carboxylic acids is 1. The number of nitrogens with one attached hydrogen (secondary N) is 1. The summed E-state index contributed by atoms with van der Waals surface area (Å²) >= 11 is 0. The lowest BCUT2D eigenvalue weighted by atomic mass is 10.2. The van der Waals surface area contributed by atoms with Crippen LogP contribution in [0.15, 0.2) is 18.2 Å². The van der Waals surface area contributed by atoms with Crippen molar-refractivity contribution in [1.82, 2.24) is 0 Å². The van der Waals surface area contributed by atoms with Crippen LogP contribution in [0.4, 0.5) is 10.5 Å². The van der Waals surface area contributed by atoms with Crippen molar-refractivity contribution in [3.63, 3.8) is 0 Å². The summed E-state index contributed by atoms with van der Waals surface area (Å²) in [7, 11) is 1.52. The number of rotatable bonds is 2. The fraction of sp³-hybridized carbons (Fsp3) is 0.357. The third-order valence-electron chi connectivity index (χ3n) is 2.00. The molecule has 0 aromatic heterocycles. The quantitative estimate of drug-likeness (QED) is 0.817. The van der Waals surface area contributed by atoms with Crippen molar-refractivity contribution in [2.45, 2.75) is 26.4 Å². The highest BCUT2D eigenvalue weighted by Gasteiger charge is 2.17. The van der Waals surface area contributed by atoms with Gasteiger partial charge in [0.25, 0.3) is 0 Å². The second-order valence-corrected chi connectivity index (χ2v) is 4.69. The van der Waals surface area contributed by atoms with Crippen LogP contribution in [0.5, 0.6) is 5.75 Å². The molecule has 0 aliphatic carbocycles. The Balaban J connectivity index is 2.89. The number of benzene rings is 1. The van der Waals surface area contributed by atoms with Gasteiger partial charge in [-0.05, 0) is 39.0 Å². The molecule has 0 aliphatic heterocycles. The van der Waals surface area contributed by atoms with E-state index >= 15 is 0 Å². The molecule has 18 heavy (non-hydrogen) atoms. The first kappa shape index (κ1) is 13.9. The maximum Gasteiger partial charge on any atom is 0.412 e. The van der Waals surface area contributed by atoms with Crippen LogP contribution in [-0.4, -0.2) is 18.8 Å². The molecule has 4 nitrogen and oxygen atoms in total. The van der Waals surface area contributed by atoms with E-state index in [0.717, 1.165) is 0 Å². The van der Waals surface area contributed by atoms with Crippen LogP contribution < -0.4 is 10.1 Å². The van der Waals surface area contributed by atoms with Crippen molar-refractivity contribution < 1.29 is 14.3 Å². The Morgan fingerprint density at radius 1 is 1.39 bits per heavy atom. The minimum Gasteiger partial charge on any atom is -0.495 e. The molecule has 1 aromatic carbocycles. The minimum atomic E-state index is -0.555. The van der Waals surface area contributed by atoms with Crippen LogP contribution >= 0.6 is 0 Å². The average Bonchev–Trinajstić information content (AvgIpc) is 2.26. The summed E-state index contributed by atoms with van der Waals surface area (Å²) in [6.45, 7) is 5.38. The first-order valence-corrected chi connectivity index (χ1v) is 5.50. The van der Waals surface area contributed by atoms with E-state index < -0.39 is 11.7 Å². The number of methoxy groups -OCH3 is 1. The summed E-state index contributed by atoms with van der Waals surface area (Å²) in [5, 5.41) is 2.61. The maximum absolute atomic E-state index is 11.7. The van der Waals surface area contributed by atoms with Crippen LogP contribution in [0.1, 0.15) is 26.3 Å². The van der Waals surface area contributed by atoms with Gasteiger partial charge in [0.1, 0.15) is 11.4 Å². The Labute approximate surface area is 107 Å². The van der Waals surface area contributed by atoms with E-state index in [2.05, 4.69) is 11.2 Å². The topological polar surface area (TPSA) is 47.6 Å². The number of ether oxygens (including phenoxy) is 2. The smallest absolute Gasteiger partial charge is 0.412 e. The second-order valence-electron chi connectivity index (χ2n) is 4.69. The average molecular weight is 247 g/mol. The lowest BCUT2D eigenvalue weighted by molar-refractivity contribution is 0.0635. The number of hydrogen-bond acceptors (Lipinski definition) is 3. The van der Waals surface area contributed by atoms with Crippen LogP contribution in [0.2, 0.25) is 0 Å². The summed E-state index contributed by atoms with van der Waals surface area (Å²) in [6.07, 6.45) is 4.76. The van der Waals surface area contributed by atoms with E-state index in [1.807, 2.05) is 0 Å². The van der Waals surface area contributed by atoms with Crippen molar-refractivity contribution in [3.8, 4) is 18.1 Å². The van der Waals surface area contributed by atoms with Crippen molar-refractivity contribution in [1.29, 1.82) is 0 Å². The van der Waals surface area contributed by atoms with E-state index in [9.17, 15) is 4.79 Å². The number of hydrogen-bond donors (Lipinski definition) is 1. The van der Waals surface area contributed by atoms with Gasteiger partial charge in [0.05, 0.1) is 12.8 Å². The van der Waals surface area contributed by atoms with Crippen LogP contribution in [0.25, 0.3) is 0 Å². The van der Waals surface area contributed by atoms with Gasteiger partial charge in [-0.1, -0.05) is 5.92 Å². The lowest BCUT2D eigenvalue weighted by Gasteiger charge is -2.20. The van der Waals surface area contributed by atoms with E-state index in [1.165, 1.54) is 7.11 Å². The number of carbonyl (C=O) groups is 1. The molecule has 0 fully saturated rings.